The molecular formula is C21H20N4O4. The predicted molar refractivity (Wildman–Crippen MR) is 109 cm³/mol. The van der Waals surface area contributed by atoms with Crippen molar-refractivity contribution < 1.29 is 15.0 Å². The fourth-order valence-corrected chi connectivity index (χ4v) is 3.52. The largest absolute Gasteiger partial charge is 0.508 e. The molecule has 4 rings (SSSR count). The summed E-state index contributed by atoms with van der Waals surface area (Å²) in [6, 6.07) is 10.2. The van der Waals surface area contributed by atoms with E-state index in [1.165, 1.54) is 10.6 Å². The molecule has 29 heavy (non-hydrogen) atoms. The summed E-state index contributed by atoms with van der Waals surface area (Å²) in [5.74, 6) is 0.0671. The monoisotopic (exact) mass is 392 g/mol. The normalized spacial score (nSPS) is 11.4. The Balaban J connectivity index is 1.90. The van der Waals surface area contributed by atoms with Crippen molar-refractivity contribution in [2.24, 2.45) is 0 Å². The number of fused-ring (bicyclic) bond motifs is 1. The van der Waals surface area contributed by atoms with E-state index in [0.29, 0.717) is 16.8 Å². The Morgan fingerprint density at radius 2 is 1.93 bits per heavy atom. The van der Waals surface area contributed by atoms with Crippen molar-refractivity contribution in [1.29, 1.82) is 0 Å². The van der Waals surface area contributed by atoms with Gasteiger partial charge in [0.25, 0.3) is 0 Å². The van der Waals surface area contributed by atoms with Crippen molar-refractivity contribution in [3.05, 3.63) is 58.6 Å². The molecule has 0 fully saturated rings. The third kappa shape index (κ3) is 3.08. The first-order valence-corrected chi connectivity index (χ1v) is 9.17. The Hall–Kier alpha value is -3.81. The number of nitrogens with zero attached hydrogens (tertiary/aromatic N) is 3. The molecule has 0 bridgehead atoms. The summed E-state index contributed by atoms with van der Waals surface area (Å²) >= 11 is 0. The van der Waals surface area contributed by atoms with Gasteiger partial charge in [-0.25, -0.2) is 14.5 Å². The van der Waals surface area contributed by atoms with Gasteiger partial charge in [-0.05, 0) is 41.8 Å². The molecule has 2 aromatic heterocycles. The SMILES string of the molecule is CC(C)c1cc(-c2n[nH]c(=O)n2-c2ccc3c(ccn3CC=O)c2)c(O)cc1O. The number of hydrogen-bond acceptors (Lipinski definition) is 5. The number of aromatic hydroxyl groups is 2. The van der Waals surface area contributed by atoms with Crippen molar-refractivity contribution in [2.75, 3.05) is 0 Å². The van der Waals surface area contributed by atoms with E-state index in [1.54, 1.807) is 12.1 Å². The van der Waals surface area contributed by atoms with Gasteiger partial charge < -0.3 is 19.6 Å². The van der Waals surface area contributed by atoms with E-state index in [1.807, 2.05) is 42.8 Å². The number of phenols is 2. The van der Waals surface area contributed by atoms with Gasteiger partial charge in [-0.2, -0.15) is 5.10 Å². The second-order valence-corrected chi connectivity index (χ2v) is 7.15. The molecule has 0 saturated heterocycles. The zero-order valence-electron chi connectivity index (χ0n) is 16.0. The van der Waals surface area contributed by atoms with Crippen LogP contribution in [0.5, 0.6) is 11.5 Å². The number of nitrogens with one attached hydrogen (secondary N) is 1. The third-order valence-corrected chi connectivity index (χ3v) is 4.96. The van der Waals surface area contributed by atoms with Gasteiger partial charge in [-0.15, -0.1) is 0 Å². The van der Waals surface area contributed by atoms with Crippen molar-refractivity contribution in [1.82, 2.24) is 19.3 Å². The van der Waals surface area contributed by atoms with Crippen molar-refractivity contribution in [2.45, 2.75) is 26.3 Å². The quantitative estimate of drug-likeness (QED) is 0.452. The highest BCUT2D eigenvalue weighted by atomic mass is 16.3. The Labute approximate surface area is 165 Å². The minimum Gasteiger partial charge on any atom is -0.508 e. The lowest BCUT2D eigenvalue weighted by molar-refractivity contribution is -0.108. The van der Waals surface area contributed by atoms with Gasteiger partial charge >= 0.3 is 5.69 Å². The van der Waals surface area contributed by atoms with Gasteiger partial charge in [-0.3, -0.25) is 0 Å². The van der Waals surface area contributed by atoms with E-state index >= 15 is 0 Å². The zero-order valence-corrected chi connectivity index (χ0v) is 16.0. The van der Waals surface area contributed by atoms with Gasteiger partial charge in [0, 0.05) is 23.2 Å². The number of rotatable bonds is 5. The smallest absolute Gasteiger partial charge is 0.348 e. The Bertz CT molecular complexity index is 1280. The van der Waals surface area contributed by atoms with Crippen LogP contribution < -0.4 is 5.69 Å². The summed E-state index contributed by atoms with van der Waals surface area (Å²) in [6.07, 6.45) is 2.63. The highest BCUT2D eigenvalue weighted by Gasteiger charge is 2.19. The predicted octanol–water partition coefficient (Wildman–Crippen LogP) is 2.92. The first-order chi connectivity index (χ1) is 13.9. The van der Waals surface area contributed by atoms with Crippen LogP contribution in [0.4, 0.5) is 0 Å². The Morgan fingerprint density at radius 1 is 1.14 bits per heavy atom. The first kappa shape index (κ1) is 18.5. The van der Waals surface area contributed by atoms with Crippen LogP contribution >= 0.6 is 0 Å². The van der Waals surface area contributed by atoms with Crippen LogP contribution in [0.2, 0.25) is 0 Å². The molecule has 8 nitrogen and oxygen atoms in total. The van der Waals surface area contributed by atoms with E-state index in [2.05, 4.69) is 10.2 Å². The minimum atomic E-state index is -0.453. The van der Waals surface area contributed by atoms with E-state index in [0.717, 1.165) is 17.2 Å². The molecule has 0 atom stereocenters. The standard InChI is InChI=1S/C21H20N4O4/c1-12(2)15-10-16(19(28)11-18(15)27)20-22-23-21(29)25(20)14-3-4-17-13(9-14)5-6-24(17)7-8-26/h3-6,8-12,27-28H,7H2,1-2H3,(H,23,29). The fraction of sp³-hybridized carbons (Fsp3) is 0.190. The van der Waals surface area contributed by atoms with E-state index < -0.39 is 5.69 Å². The molecular weight excluding hydrogens is 372 g/mol. The lowest BCUT2D eigenvalue weighted by Gasteiger charge is -2.13. The Kier molecular flexibility index (Phi) is 4.46. The zero-order chi connectivity index (χ0) is 20.7. The number of H-pyrrole nitrogens is 1. The average molecular weight is 392 g/mol. The van der Waals surface area contributed by atoms with Crippen molar-refractivity contribution in [3.8, 4) is 28.6 Å². The molecule has 148 valence electrons. The van der Waals surface area contributed by atoms with Crippen LogP contribution in [0.15, 0.2) is 47.4 Å². The number of aromatic amines is 1. The summed E-state index contributed by atoms with van der Waals surface area (Å²) < 4.78 is 3.18. The van der Waals surface area contributed by atoms with Gasteiger partial charge in [0.05, 0.1) is 17.8 Å². The highest BCUT2D eigenvalue weighted by molar-refractivity contribution is 5.83. The molecule has 0 spiro atoms. The van der Waals surface area contributed by atoms with Crippen LogP contribution in [0.1, 0.15) is 25.3 Å². The van der Waals surface area contributed by atoms with Crippen LogP contribution in [0.3, 0.4) is 0 Å². The number of aromatic nitrogens is 4. The fourth-order valence-electron chi connectivity index (χ4n) is 3.52. The second kappa shape index (κ2) is 6.97. The number of carbonyl (C=O) groups excluding carboxylic acids is 1. The van der Waals surface area contributed by atoms with Gasteiger partial charge in [0.2, 0.25) is 0 Å². The second-order valence-electron chi connectivity index (χ2n) is 7.15. The van der Waals surface area contributed by atoms with Crippen LogP contribution in [-0.4, -0.2) is 35.8 Å². The number of benzene rings is 2. The van der Waals surface area contributed by atoms with Crippen molar-refractivity contribution in [3.63, 3.8) is 0 Å². The lowest BCUT2D eigenvalue weighted by Crippen LogP contribution is -2.15. The number of hydrogen-bond donors (Lipinski definition) is 3. The Morgan fingerprint density at radius 3 is 2.66 bits per heavy atom. The molecule has 0 aliphatic heterocycles. The minimum absolute atomic E-state index is 0.0105. The summed E-state index contributed by atoms with van der Waals surface area (Å²) in [5, 5.41) is 27.9. The number of aldehydes is 1. The molecule has 2 aromatic carbocycles. The molecule has 4 aromatic rings. The molecule has 0 saturated carbocycles. The maximum absolute atomic E-state index is 12.5. The van der Waals surface area contributed by atoms with Gasteiger partial charge in [0.15, 0.2) is 5.82 Å². The molecule has 0 radical (unpaired) electrons. The molecule has 0 unspecified atom stereocenters. The highest BCUT2D eigenvalue weighted by Crippen LogP contribution is 2.37. The summed E-state index contributed by atoms with van der Waals surface area (Å²) in [4.78, 5) is 23.3. The third-order valence-electron chi connectivity index (χ3n) is 4.96. The number of phenolic OH excluding ortho intramolecular Hbond substituents is 2. The van der Waals surface area contributed by atoms with Gasteiger partial charge in [0.1, 0.15) is 17.8 Å². The maximum atomic E-state index is 12.5. The molecule has 0 amide bonds. The van der Waals surface area contributed by atoms with Crippen LogP contribution in [0, 0.1) is 0 Å². The molecule has 8 heteroatoms. The lowest BCUT2D eigenvalue weighted by atomic mass is 9.98. The first-order valence-electron chi connectivity index (χ1n) is 9.17. The topological polar surface area (TPSA) is 113 Å². The maximum Gasteiger partial charge on any atom is 0.348 e. The number of carbonyl (C=O) groups is 1. The van der Waals surface area contributed by atoms with Crippen LogP contribution in [-0.2, 0) is 11.3 Å². The van der Waals surface area contributed by atoms with E-state index in [9.17, 15) is 19.8 Å². The molecule has 2 heterocycles. The molecule has 0 aliphatic rings. The average Bonchev–Trinajstić information content (AvgIpc) is 3.25. The van der Waals surface area contributed by atoms with Crippen molar-refractivity contribution >= 4 is 17.2 Å². The summed E-state index contributed by atoms with van der Waals surface area (Å²) in [7, 11) is 0. The van der Waals surface area contributed by atoms with E-state index in [4.69, 9.17) is 0 Å². The molecule has 3 N–H and O–H groups in total. The summed E-state index contributed by atoms with van der Waals surface area (Å²) in [6.45, 7) is 4.09. The summed E-state index contributed by atoms with van der Waals surface area (Å²) in [5.41, 5.74) is 1.96. The van der Waals surface area contributed by atoms with E-state index in [-0.39, 0.29) is 29.8 Å². The molecule has 0 aliphatic carbocycles. The van der Waals surface area contributed by atoms with Gasteiger partial charge in [-0.1, -0.05) is 13.8 Å². The van der Waals surface area contributed by atoms with Crippen LogP contribution in [0.25, 0.3) is 28.0 Å².